The highest BCUT2D eigenvalue weighted by Gasteiger charge is 2.60. The summed E-state index contributed by atoms with van der Waals surface area (Å²) < 4.78 is 0. The highest BCUT2D eigenvalue weighted by Crippen LogP contribution is 2.48. The van der Waals surface area contributed by atoms with Crippen molar-refractivity contribution >= 4 is 17.5 Å². The Morgan fingerprint density at radius 1 is 1.32 bits per heavy atom. The van der Waals surface area contributed by atoms with Gasteiger partial charge in [0, 0.05) is 11.1 Å². The average molecular weight is 277 g/mol. The average Bonchev–Trinajstić information content (AvgIpc) is 3.06. The van der Waals surface area contributed by atoms with Crippen molar-refractivity contribution in [3.8, 4) is 0 Å². The van der Waals surface area contributed by atoms with Gasteiger partial charge < -0.3 is 4.90 Å². The number of hydrogen-bond acceptors (Lipinski definition) is 2. The molecule has 0 aromatic heterocycles. The zero-order valence-corrected chi connectivity index (χ0v) is 11.5. The number of amides is 1. The van der Waals surface area contributed by atoms with E-state index in [1.807, 2.05) is 18.2 Å². The molecule has 1 aliphatic heterocycles. The molecule has 0 bridgehead atoms. The van der Waals surface area contributed by atoms with Gasteiger partial charge in [0.25, 0.3) is 0 Å². The molecule has 4 rings (SSSR count). The minimum absolute atomic E-state index is 0.0130. The molecule has 3 fully saturated rings. The summed E-state index contributed by atoms with van der Waals surface area (Å²) in [5.41, 5.74) is 0.860. The topological polar surface area (TPSA) is 32.3 Å². The molecule has 1 amide bonds. The van der Waals surface area contributed by atoms with Gasteiger partial charge in [0.2, 0.25) is 5.91 Å². The van der Waals surface area contributed by atoms with Crippen molar-refractivity contribution in [2.24, 2.45) is 0 Å². The lowest BCUT2D eigenvalue weighted by Crippen LogP contribution is -2.44. The lowest BCUT2D eigenvalue weighted by molar-refractivity contribution is -0.134. The van der Waals surface area contributed by atoms with E-state index in [0.717, 1.165) is 36.3 Å². The molecule has 4 heteroatoms. The van der Waals surface area contributed by atoms with Crippen LogP contribution in [0.1, 0.15) is 43.8 Å². The molecule has 1 aromatic carbocycles. The predicted molar refractivity (Wildman–Crippen MR) is 73.8 cm³/mol. The maximum absolute atomic E-state index is 12.6. The molecule has 2 aliphatic carbocycles. The van der Waals surface area contributed by atoms with Gasteiger partial charge in [-0.2, -0.15) is 0 Å². The lowest BCUT2D eigenvalue weighted by Gasteiger charge is -2.38. The second-order valence-electron chi connectivity index (χ2n) is 5.98. The third-order valence-electron chi connectivity index (χ3n) is 4.72. The van der Waals surface area contributed by atoms with Crippen LogP contribution in [0.25, 0.3) is 0 Å². The number of halogens is 1. The summed E-state index contributed by atoms with van der Waals surface area (Å²) in [5.74, 6) is 0.308. The predicted octanol–water partition coefficient (Wildman–Crippen LogP) is 2.86. The van der Waals surface area contributed by atoms with Gasteiger partial charge in [-0.3, -0.25) is 10.1 Å². The Labute approximate surface area is 117 Å². The highest BCUT2D eigenvalue weighted by atomic mass is 35.5. The molecular weight excluding hydrogens is 260 g/mol. The van der Waals surface area contributed by atoms with Crippen molar-refractivity contribution in [1.82, 2.24) is 10.2 Å². The normalized spacial score (nSPS) is 28.8. The number of rotatable bonds is 2. The van der Waals surface area contributed by atoms with Crippen molar-refractivity contribution in [2.75, 3.05) is 0 Å². The quantitative estimate of drug-likeness (QED) is 0.901. The fourth-order valence-corrected chi connectivity index (χ4v) is 3.40. The van der Waals surface area contributed by atoms with Crippen molar-refractivity contribution < 1.29 is 4.79 Å². The van der Waals surface area contributed by atoms with Crippen LogP contribution in [0.2, 0.25) is 5.02 Å². The second kappa shape index (κ2) is 3.97. The summed E-state index contributed by atoms with van der Waals surface area (Å²) in [6, 6.07) is 8.29. The summed E-state index contributed by atoms with van der Waals surface area (Å²) in [4.78, 5) is 14.7. The van der Waals surface area contributed by atoms with Crippen molar-refractivity contribution in [1.29, 1.82) is 0 Å². The first kappa shape index (κ1) is 11.7. The third-order valence-corrected chi connectivity index (χ3v) is 4.95. The summed E-state index contributed by atoms with van der Waals surface area (Å²) in [6.07, 6.45) is 5.49. The van der Waals surface area contributed by atoms with E-state index in [1.54, 1.807) is 0 Å². The molecular formula is C15H17ClN2O. The van der Waals surface area contributed by atoms with Crippen LogP contribution in [0.5, 0.6) is 0 Å². The van der Waals surface area contributed by atoms with Crippen LogP contribution in [0.4, 0.5) is 0 Å². The Morgan fingerprint density at radius 2 is 2.11 bits per heavy atom. The molecule has 3 nitrogen and oxygen atoms in total. The number of carbonyl (C=O) groups is 1. The molecule has 3 aliphatic rings. The van der Waals surface area contributed by atoms with Gasteiger partial charge in [0.1, 0.15) is 11.7 Å². The van der Waals surface area contributed by atoms with Crippen LogP contribution in [0, 0.1) is 0 Å². The summed E-state index contributed by atoms with van der Waals surface area (Å²) >= 11 is 6.09. The number of nitrogens with one attached hydrogen (secondary N) is 1. The zero-order valence-electron chi connectivity index (χ0n) is 10.7. The van der Waals surface area contributed by atoms with Crippen LogP contribution >= 0.6 is 11.6 Å². The first-order valence-corrected chi connectivity index (χ1v) is 7.43. The molecule has 2 saturated carbocycles. The molecule has 1 N–H and O–H groups in total. The van der Waals surface area contributed by atoms with Crippen LogP contribution < -0.4 is 5.32 Å². The molecule has 100 valence electrons. The fourth-order valence-electron chi connectivity index (χ4n) is 3.20. The van der Waals surface area contributed by atoms with Gasteiger partial charge in [-0.25, -0.2) is 0 Å². The van der Waals surface area contributed by atoms with E-state index < -0.39 is 0 Å². The van der Waals surface area contributed by atoms with Crippen molar-refractivity contribution in [2.45, 2.75) is 49.9 Å². The molecule has 1 atom stereocenters. The van der Waals surface area contributed by atoms with E-state index >= 15 is 0 Å². The van der Waals surface area contributed by atoms with Gasteiger partial charge in [0.15, 0.2) is 0 Å². The summed E-state index contributed by atoms with van der Waals surface area (Å²) in [5, 5.41) is 4.28. The first-order chi connectivity index (χ1) is 9.20. The van der Waals surface area contributed by atoms with Gasteiger partial charge in [-0.15, -0.1) is 0 Å². The second-order valence-corrected chi connectivity index (χ2v) is 6.42. The largest absolute Gasteiger partial charge is 0.318 e. The van der Waals surface area contributed by atoms with Crippen molar-refractivity contribution in [3.63, 3.8) is 0 Å². The number of hydrogen-bond donors (Lipinski definition) is 1. The number of benzene rings is 1. The van der Waals surface area contributed by atoms with Crippen molar-refractivity contribution in [3.05, 3.63) is 34.9 Å². The molecule has 1 spiro atoms. The van der Waals surface area contributed by atoms with Crippen LogP contribution in [0.3, 0.4) is 0 Å². The Balaban J connectivity index is 1.71. The van der Waals surface area contributed by atoms with Crippen LogP contribution in [-0.4, -0.2) is 22.4 Å². The van der Waals surface area contributed by atoms with Crippen LogP contribution in [-0.2, 0) is 4.79 Å². The zero-order chi connectivity index (χ0) is 13.0. The minimum Gasteiger partial charge on any atom is -0.318 e. The fraction of sp³-hybridized carbons (Fsp3) is 0.533. The molecule has 1 aromatic rings. The first-order valence-electron chi connectivity index (χ1n) is 7.06. The number of nitrogens with zero attached hydrogens (tertiary/aromatic N) is 1. The summed E-state index contributed by atoms with van der Waals surface area (Å²) in [6.45, 7) is 0. The molecule has 1 heterocycles. The van der Waals surface area contributed by atoms with E-state index in [4.69, 9.17) is 11.6 Å². The van der Waals surface area contributed by atoms with Crippen LogP contribution in [0.15, 0.2) is 24.3 Å². The van der Waals surface area contributed by atoms with Gasteiger partial charge >= 0.3 is 0 Å². The van der Waals surface area contributed by atoms with Gasteiger partial charge in [-0.1, -0.05) is 23.7 Å². The molecule has 0 radical (unpaired) electrons. The van der Waals surface area contributed by atoms with E-state index in [-0.39, 0.29) is 11.7 Å². The Bertz CT molecular complexity index is 537. The summed E-state index contributed by atoms with van der Waals surface area (Å²) in [7, 11) is 0. The minimum atomic E-state index is -0.247. The molecule has 1 unspecified atom stereocenters. The maximum atomic E-state index is 12.6. The Morgan fingerprint density at radius 3 is 2.68 bits per heavy atom. The SMILES string of the molecule is O=C1N(C2CCC2)C(c2cccc(Cl)c2)NC12CC2. The van der Waals surface area contributed by atoms with E-state index in [9.17, 15) is 4.79 Å². The van der Waals surface area contributed by atoms with E-state index in [0.29, 0.717) is 11.9 Å². The van der Waals surface area contributed by atoms with Gasteiger partial charge in [-0.05, 0) is 49.8 Å². The Kier molecular flexibility index (Phi) is 2.45. The third kappa shape index (κ3) is 1.72. The highest BCUT2D eigenvalue weighted by molar-refractivity contribution is 6.30. The molecule has 1 saturated heterocycles. The maximum Gasteiger partial charge on any atom is 0.244 e. The molecule has 19 heavy (non-hydrogen) atoms. The van der Waals surface area contributed by atoms with E-state index in [1.165, 1.54) is 6.42 Å². The lowest BCUT2D eigenvalue weighted by atomic mass is 9.90. The Hall–Kier alpha value is -1.06. The smallest absolute Gasteiger partial charge is 0.244 e. The van der Waals surface area contributed by atoms with Gasteiger partial charge in [0.05, 0.1) is 0 Å². The standard InChI is InChI=1S/C15H17ClN2O/c16-11-4-1-3-10(9-11)13-17-15(7-8-15)14(19)18(13)12-5-2-6-12/h1,3-4,9,12-13,17H,2,5-8H2. The number of carbonyl (C=O) groups excluding carboxylic acids is 1. The van der Waals surface area contributed by atoms with E-state index in [2.05, 4.69) is 16.3 Å². The monoisotopic (exact) mass is 276 g/mol.